The van der Waals surface area contributed by atoms with Gasteiger partial charge in [-0.25, -0.2) is 0 Å². The molecule has 0 aromatic rings. The maximum Gasteiger partial charge on any atom is 0.133 e. The van der Waals surface area contributed by atoms with Gasteiger partial charge in [0.2, 0.25) is 0 Å². The Morgan fingerprint density at radius 3 is 1.12 bits per heavy atom. The van der Waals surface area contributed by atoms with Crippen LogP contribution in [0.2, 0.25) is 0 Å². The molecule has 0 radical (unpaired) electrons. The minimum atomic E-state index is 0.975. The average Bonchev–Trinajstić information content (AvgIpc) is 2.79. The highest BCUT2D eigenvalue weighted by Gasteiger charge is 2.00. The van der Waals surface area contributed by atoms with Gasteiger partial charge in [0.05, 0.1) is 0 Å². The summed E-state index contributed by atoms with van der Waals surface area (Å²) in [5.74, 6) is 2.23. The van der Waals surface area contributed by atoms with Crippen LogP contribution >= 0.6 is 48.0 Å². The molecule has 2 N–H and O–H groups in total. The fourth-order valence-electron chi connectivity index (χ4n) is 3.53. The summed E-state index contributed by atoms with van der Waals surface area (Å²) < 4.78 is 1.95. The van der Waals surface area contributed by atoms with Crippen molar-refractivity contribution in [2.45, 2.75) is 129 Å². The molecule has 0 heterocycles. The third kappa shape index (κ3) is 26.7. The van der Waals surface area contributed by atoms with Crippen LogP contribution in [0.5, 0.6) is 0 Å². The number of thioether (sulfide) groups is 2. The van der Waals surface area contributed by atoms with Crippen LogP contribution in [0.25, 0.3) is 0 Å². The van der Waals surface area contributed by atoms with Gasteiger partial charge in [0, 0.05) is 24.6 Å². The Morgan fingerprint density at radius 2 is 0.781 bits per heavy atom. The maximum absolute atomic E-state index is 5.44. The van der Waals surface area contributed by atoms with E-state index in [0.29, 0.717) is 0 Å². The van der Waals surface area contributed by atoms with Crippen LogP contribution in [0.4, 0.5) is 0 Å². The molecule has 0 unspecified atom stereocenters. The normalized spacial score (nSPS) is 10.9. The van der Waals surface area contributed by atoms with Crippen LogP contribution in [0, 0.1) is 0 Å². The molecule has 6 heteroatoms. The van der Waals surface area contributed by atoms with Crippen molar-refractivity contribution in [3.8, 4) is 0 Å². The van der Waals surface area contributed by atoms with Crippen molar-refractivity contribution in [2.24, 2.45) is 0 Å². The van der Waals surface area contributed by atoms with Crippen LogP contribution < -0.4 is 10.6 Å². The molecule has 0 spiro atoms. The quantitative estimate of drug-likeness (QED) is 0.103. The lowest BCUT2D eigenvalue weighted by Gasteiger charge is -2.08. The van der Waals surface area contributed by atoms with Gasteiger partial charge in [-0.3, -0.25) is 0 Å². The number of hydrogen-bond donors (Lipinski definition) is 2. The van der Waals surface area contributed by atoms with Gasteiger partial charge in [0.15, 0.2) is 0 Å². The Labute approximate surface area is 220 Å². The van der Waals surface area contributed by atoms with Crippen molar-refractivity contribution >= 4 is 56.6 Å². The highest BCUT2D eigenvalue weighted by atomic mass is 32.2. The predicted molar refractivity (Wildman–Crippen MR) is 161 cm³/mol. The lowest BCUT2D eigenvalue weighted by Crippen LogP contribution is -2.20. The molecule has 0 aromatic carbocycles. The number of thiocarbonyl (C=S) groups is 2. The van der Waals surface area contributed by atoms with Gasteiger partial charge >= 0.3 is 0 Å². The minimum Gasteiger partial charge on any atom is -0.371 e. The predicted octanol–water partition coefficient (Wildman–Crippen LogP) is 9.26. The Morgan fingerprint density at radius 1 is 0.469 bits per heavy atom. The molecule has 0 aromatic heterocycles. The van der Waals surface area contributed by atoms with E-state index < -0.39 is 0 Å². The van der Waals surface area contributed by atoms with Gasteiger partial charge < -0.3 is 10.6 Å². The average molecular weight is 521 g/mol. The van der Waals surface area contributed by atoms with Crippen LogP contribution in [-0.2, 0) is 0 Å². The van der Waals surface area contributed by atoms with E-state index in [0.717, 1.165) is 33.2 Å². The number of hydrogen-bond acceptors (Lipinski definition) is 4. The number of rotatable bonds is 23. The minimum absolute atomic E-state index is 0.975. The SMILES string of the molecule is CCCCCCCCCCNC(=S)SCCCCSC(=S)NCCCCCCCCCC. The van der Waals surface area contributed by atoms with E-state index in [-0.39, 0.29) is 0 Å². The number of unbranched alkanes of at least 4 members (excludes halogenated alkanes) is 15. The first-order valence-electron chi connectivity index (χ1n) is 13.5. The summed E-state index contributed by atoms with van der Waals surface area (Å²) in [5.41, 5.74) is 0. The topological polar surface area (TPSA) is 24.1 Å². The van der Waals surface area contributed by atoms with Crippen molar-refractivity contribution in [1.82, 2.24) is 10.6 Å². The van der Waals surface area contributed by atoms with Gasteiger partial charge in [-0.05, 0) is 25.7 Å². The summed E-state index contributed by atoms with van der Waals surface area (Å²) in [6.07, 6.45) is 24.2. The lowest BCUT2D eigenvalue weighted by molar-refractivity contribution is 0.573. The molecule has 0 aliphatic carbocycles. The molecule has 0 amide bonds. The smallest absolute Gasteiger partial charge is 0.133 e. The molecule has 190 valence electrons. The first kappa shape index (κ1) is 32.5. The third-order valence-electron chi connectivity index (χ3n) is 5.60. The fraction of sp³-hybridized carbons (Fsp3) is 0.923. The Kier molecular flexibility index (Phi) is 28.1. The molecule has 32 heavy (non-hydrogen) atoms. The highest BCUT2D eigenvalue weighted by Crippen LogP contribution is 2.12. The number of nitrogens with one attached hydrogen (secondary N) is 2. The summed E-state index contributed by atoms with van der Waals surface area (Å²) in [5, 5.41) is 6.82. The second kappa shape index (κ2) is 27.7. The molecule has 0 bridgehead atoms. The van der Waals surface area contributed by atoms with Gasteiger partial charge in [-0.2, -0.15) is 0 Å². The van der Waals surface area contributed by atoms with E-state index in [4.69, 9.17) is 24.4 Å². The van der Waals surface area contributed by atoms with Crippen molar-refractivity contribution in [2.75, 3.05) is 24.6 Å². The Bertz CT molecular complexity index is 381. The van der Waals surface area contributed by atoms with E-state index in [1.807, 2.05) is 0 Å². The van der Waals surface area contributed by atoms with Crippen LogP contribution in [0.3, 0.4) is 0 Å². The molecule has 0 aliphatic rings. The summed E-state index contributed by atoms with van der Waals surface area (Å²) in [6.45, 7) is 6.63. The molecular weight excluding hydrogens is 469 g/mol. The molecular formula is C26H52N2S4. The zero-order valence-corrected chi connectivity index (χ0v) is 24.5. The van der Waals surface area contributed by atoms with Crippen molar-refractivity contribution < 1.29 is 0 Å². The zero-order valence-electron chi connectivity index (χ0n) is 21.2. The second-order valence-electron chi connectivity index (χ2n) is 8.78. The molecule has 0 aliphatic heterocycles. The van der Waals surface area contributed by atoms with E-state index in [1.165, 1.54) is 116 Å². The summed E-state index contributed by atoms with van der Waals surface area (Å²) in [4.78, 5) is 0. The van der Waals surface area contributed by atoms with Gasteiger partial charge in [0.25, 0.3) is 0 Å². The van der Waals surface area contributed by atoms with E-state index in [2.05, 4.69) is 24.5 Å². The first-order chi connectivity index (χ1) is 15.7. The molecule has 0 rings (SSSR count). The molecule has 0 fully saturated rings. The second-order valence-corrected chi connectivity index (χ2v) is 12.3. The molecule has 0 saturated heterocycles. The van der Waals surface area contributed by atoms with Crippen molar-refractivity contribution in [3.05, 3.63) is 0 Å². The van der Waals surface area contributed by atoms with Crippen molar-refractivity contribution in [1.29, 1.82) is 0 Å². The van der Waals surface area contributed by atoms with Crippen molar-refractivity contribution in [3.63, 3.8) is 0 Å². The van der Waals surface area contributed by atoms with Crippen LogP contribution in [0.1, 0.15) is 129 Å². The highest BCUT2D eigenvalue weighted by molar-refractivity contribution is 8.23. The van der Waals surface area contributed by atoms with E-state index >= 15 is 0 Å². The Balaban J connectivity index is 3.27. The van der Waals surface area contributed by atoms with Crippen LogP contribution in [0.15, 0.2) is 0 Å². The van der Waals surface area contributed by atoms with Crippen LogP contribution in [-0.4, -0.2) is 33.2 Å². The molecule has 0 atom stereocenters. The molecule has 2 nitrogen and oxygen atoms in total. The van der Waals surface area contributed by atoms with E-state index in [9.17, 15) is 0 Å². The largest absolute Gasteiger partial charge is 0.371 e. The lowest BCUT2D eigenvalue weighted by atomic mass is 10.1. The van der Waals surface area contributed by atoms with Gasteiger partial charge in [-0.1, -0.05) is 152 Å². The summed E-state index contributed by atoms with van der Waals surface area (Å²) in [7, 11) is 0. The maximum atomic E-state index is 5.44. The summed E-state index contributed by atoms with van der Waals surface area (Å²) >= 11 is 14.5. The Hall–Kier alpha value is 0.480. The third-order valence-corrected chi connectivity index (χ3v) is 8.40. The fourth-order valence-corrected chi connectivity index (χ4v) is 5.71. The van der Waals surface area contributed by atoms with Gasteiger partial charge in [-0.15, -0.1) is 0 Å². The van der Waals surface area contributed by atoms with Gasteiger partial charge in [0.1, 0.15) is 8.64 Å². The monoisotopic (exact) mass is 520 g/mol. The summed E-state index contributed by atoms with van der Waals surface area (Å²) in [6, 6.07) is 0. The zero-order chi connectivity index (χ0) is 23.5. The first-order valence-corrected chi connectivity index (χ1v) is 16.3. The van der Waals surface area contributed by atoms with E-state index in [1.54, 1.807) is 23.5 Å². The molecule has 0 saturated carbocycles. The standard InChI is InChI=1S/C26H52N2S4/c1-3-5-7-9-11-13-15-17-21-27-25(29)31-23-19-20-24-32-26(30)28-22-18-16-14-12-10-8-6-4-2/h3-24H2,1-2H3,(H,27,29)(H,28,30).